The standard InChI is InChI=1S/C20H30Si.2ClH.Hf/c1-13(2)17-9-11-19(15(17)5)21(7,8)20-12-10-18(14(3)4)16(20)6;;;/h13-14H,11-12H2,1-8H3;2*1H;/q;;;+2/p-2. The molecule has 3 aliphatic rings. The Kier molecular flexibility index (Phi) is 7.28. The molecular weight excluding hydrogens is 518 g/mol. The topological polar surface area (TPSA) is 0 Å². The number of rotatable bonds is 2. The number of hydrogen-bond donors (Lipinski definition) is 0. The first kappa shape index (κ1) is 22.7. The average molecular weight is 548 g/mol. The molecule has 0 aromatic carbocycles. The number of fused-ring (bicyclic) bond motifs is 4. The summed E-state index contributed by atoms with van der Waals surface area (Å²) in [4.78, 5) is 0. The first-order valence-electron chi connectivity index (χ1n) is 8.80. The molecule has 0 saturated carbocycles. The van der Waals surface area contributed by atoms with Gasteiger partial charge in [-0.15, -0.1) is 0 Å². The van der Waals surface area contributed by atoms with Crippen molar-refractivity contribution in [1.29, 1.82) is 0 Å². The molecule has 4 bridgehead atoms. The van der Waals surface area contributed by atoms with Crippen LogP contribution >= 0.6 is 0 Å². The van der Waals surface area contributed by atoms with Crippen LogP contribution in [0.5, 0.6) is 0 Å². The molecule has 0 unspecified atom stereocenters. The van der Waals surface area contributed by atoms with Crippen molar-refractivity contribution in [2.75, 3.05) is 0 Å². The molecule has 1 heterocycles. The molecule has 24 heavy (non-hydrogen) atoms. The van der Waals surface area contributed by atoms with E-state index in [-0.39, 0.29) is 24.8 Å². The van der Waals surface area contributed by atoms with Crippen LogP contribution in [0.1, 0.15) is 54.4 Å². The van der Waals surface area contributed by atoms with Crippen LogP contribution in [0.25, 0.3) is 0 Å². The smallest absolute Gasteiger partial charge is 1.00 e. The molecule has 0 aromatic rings. The van der Waals surface area contributed by atoms with E-state index >= 15 is 0 Å². The van der Waals surface area contributed by atoms with Gasteiger partial charge in [-0.3, -0.25) is 0 Å². The summed E-state index contributed by atoms with van der Waals surface area (Å²) in [5, 5.41) is 3.77. The summed E-state index contributed by atoms with van der Waals surface area (Å²) in [6, 6.07) is 0. The quantitative estimate of drug-likeness (QED) is 0.432. The first-order chi connectivity index (χ1) is 10.2. The summed E-state index contributed by atoms with van der Waals surface area (Å²) < 4.78 is 3.90. The zero-order valence-electron chi connectivity index (χ0n) is 16.3. The van der Waals surface area contributed by atoms with Gasteiger partial charge < -0.3 is 24.8 Å². The predicted octanol–water partition coefficient (Wildman–Crippen LogP) is 0.138. The average Bonchev–Trinajstić information content (AvgIpc) is 2.88. The van der Waals surface area contributed by atoms with Gasteiger partial charge in [-0.25, -0.2) is 0 Å². The van der Waals surface area contributed by atoms with Crippen molar-refractivity contribution in [2.45, 2.75) is 67.5 Å². The van der Waals surface area contributed by atoms with Gasteiger partial charge in [-0.2, -0.15) is 0 Å². The van der Waals surface area contributed by atoms with Crippen molar-refractivity contribution in [2.24, 2.45) is 11.8 Å². The molecule has 1 saturated heterocycles. The molecule has 0 nitrogen and oxygen atoms in total. The van der Waals surface area contributed by atoms with Gasteiger partial charge in [0.25, 0.3) is 0 Å². The Labute approximate surface area is 173 Å². The van der Waals surface area contributed by atoms with E-state index in [0.717, 1.165) is 11.8 Å². The largest absolute Gasteiger partial charge is 1.00 e. The molecular formula is C20H30Cl2HfSi. The Morgan fingerprint density at radius 2 is 1.08 bits per heavy atom. The predicted molar refractivity (Wildman–Crippen MR) is 95.8 cm³/mol. The SMILES string of the molecule is CC1=C2C[C](=C1C(C)C)[Hf+2][C]1=C(C(C)C)C(C)=C(C1)[Si]2(C)C.[Cl-].[Cl-]. The number of halogens is 2. The minimum atomic E-state index is -1.44. The maximum Gasteiger partial charge on any atom is -1.00 e. The van der Waals surface area contributed by atoms with Crippen molar-refractivity contribution in [1.82, 2.24) is 0 Å². The minimum absolute atomic E-state index is 0. The number of hydrogen-bond acceptors (Lipinski definition) is 0. The van der Waals surface area contributed by atoms with Gasteiger partial charge in [0.2, 0.25) is 0 Å². The minimum Gasteiger partial charge on any atom is -1.00 e. The molecule has 0 spiro atoms. The molecule has 0 aromatic heterocycles. The van der Waals surface area contributed by atoms with Crippen LogP contribution in [0.4, 0.5) is 0 Å². The summed E-state index contributed by atoms with van der Waals surface area (Å²) >= 11 is -0.822. The first-order valence-corrected chi connectivity index (χ1v) is 15.4. The number of allylic oxidation sites excluding steroid dienone is 8. The molecule has 0 atom stereocenters. The third kappa shape index (κ3) is 3.30. The van der Waals surface area contributed by atoms with E-state index in [2.05, 4.69) is 54.6 Å². The van der Waals surface area contributed by atoms with Crippen LogP contribution in [-0.4, -0.2) is 8.07 Å². The van der Waals surface area contributed by atoms with Gasteiger partial charge in [0.15, 0.2) is 0 Å². The van der Waals surface area contributed by atoms with Crippen molar-refractivity contribution in [3.8, 4) is 0 Å². The second-order valence-electron chi connectivity index (χ2n) is 8.40. The molecule has 0 radical (unpaired) electrons. The fourth-order valence-corrected chi connectivity index (χ4v) is 17.7. The monoisotopic (exact) mass is 548 g/mol. The van der Waals surface area contributed by atoms with Gasteiger partial charge in [0, 0.05) is 0 Å². The van der Waals surface area contributed by atoms with Crippen molar-refractivity contribution in [3.63, 3.8) is 0 Å². The van der Waals surface area contributed by atoms with Gasteiger partial charge in [-0.1, -0.05) is 0 Å². The van der Waals surface area contributed by atoms with Crippen LogP contribution in [0, 0.1) is 11.8 Å². The Hall–Kier alpha value is 0.627. The summed E-state index contributed by atoms with van der Waals surface area (Å²) in [5.41, 5.74) is 7.02. The summed E-state index contributed by atoms with van der Waals surface area (Å²) in [6.45, 7) is 19.8. The van der Waals surface area contributed by atoms with Gasteiger partial charge in [0.1, 0.15) is 0 Å². The van der Waals surface area contributed by atoms with E-state index in [9.17, 15) is 0 Å². The van der Waals surface area contributed by atoms with Gasteiger partial charge in [0.05, 0.1) is 0 Å². The van der Waals surface area contributed by atoms with Gasteiger partial charge in [-0.05, 0) is 0 Å². The van der Waals surface area contributed by atoms with Crippen molar-refractivity contribution >= 4 is 8.07 Å². The third-order valence-corrected chi connectivity index (χ3v) is 15.5. The van der Waals surface area contributed by atoms with E-state index in [1.54, 1.807) is 22.3 Å². The molecule has 4 heteroatoms. The second kappa shape index (κ2) is 7.70. The van der Waals surface area contributed by atoms with Crippen LogP contribution in [-0.2, 0) is 22.9 Å². The summed E-state index contributed by atoms with van der Waals surface area (Å²) in [6.07, 6.45) is 2.74. The Balaban J connectivity index is 0.00000144. The molecule has 3 rings (SSSR count). The van der Waals surface area contributed by atoms with Crippen molar-refractivity contribution < 1.29 is 47.7 Å². The molecule has 132 valence electrons. The fraction of sp³-hybridized carbons (Fsp3) is 0.600. The van der Waals surface area contributed by atoms with E-state index in [0.29, 0.717) is 0 Å². The maximum absolute atomic E-state index is 2.63. The molecule has 1 aliphatic heterocycles. The van der Waals surface area contributed by atoms with Gasteiger partial charge >= 0.3 is 150 Å². The second-order valence-corrected chi connectivity index (χ2v) is 18.1. The molecule has 1 fully saturated rings. The molecule has 0 amide bonds. The van der Waals surface area contributed by atoms with E-state index < -0.39 is 31.0 Å². The fourth-order valence-electron chi connectivity index (χ4n) is 5.12. The third-order valence-electron chi connectivity index (χ3n) is 6.04. The van der Waals surface area contributed by atoms with Crippen LogP contribution in [0.15, 0.2) is 39.3 Å². The summed E-state index contributed by atoms with van der Waals surface area (Å²) in [7, 11) is -1.44. The molecule has 2 aliphatic carbocycles. The maximum atomic E-state index is 2.63. The van der Waals surface area contributed by atoms with Crippen LogP contribution < -0.4 is 24.8 Å². The van der Waals surface area contributed by atoms with E-state index in [4.69, 9.17) is 0 Å². The molecule has 0 N–H and O–H groups in total. The normalized spacial score (nSPS) is 21.6. The Morgan fingerprint density at radius 3 is 1.38 bits per heavy atom. The Morgan fingerprint density at radius 1 is 0.750 bits per heavy atom. The van der Waals surface area contributed by atoms with Crippen LogP contribution in [0.3, 0.4) is 0 Å². The van der Waals surface area contributed by atoms with Crippen LogP contribution in [0.2, 0.25) is 13.1 Å². The van der Waals surface area contributed by atoms with E-state index in [1.165, 1.54) is 12.8 Å². The summed E-state index contributed by atoms with van der Waals surface area (Å²) in [5.74, 6) is 1.44. The van der Waals surface area contributed by atoms with E-state index in [1.807, 2.05) is 17.1 Å². The zero-order valence-corrected chi connectivity index (χ0v) is 22.4. The van der Waals surface area contributed by atoms with Crippen molar-refractivity contribution in [3.05, 3.63) is 39.3 Å². The Bertz CT molecular complexity index is 620. The zero-order chi connectivity index (χ0) is 16.4.